The van der Waals surface area contributed by atoms with Crippen molar-refractivity contribution in [2.24, 2.45) is 0 Å². The molecule has 4 rings (SSSR count). The molecule has 2 atom stereocenters. The van der Waals surface area contributed by atoms with Gasteiger partial charge in [0.2, 0.25) is 0 Å². The Hall–Kier alpha value is -2.05. The molecule has 2 aliphatic rings. The first kappa shape index (κ1) is 17.4. The van der Waals surface area contributed by atoms with Gasteiger partial charge in [0.1, 0.15) is 0 Å². The van der Waals surface area contributed by atoms with Crippen molar-refractivity contribution in [1.29, 1.82) is 0 Å². The lowest BCUT2D eigenvalue weighted by molar-refractivity contribution is 0.255. The van der Waals surface area contributed by atoms with Crippen molar-refractivity contribution >= 4 is 38.8 Å². The van der Waals surface area contributed by atoms with Crippen molar-refractivity contribution in [3.63, 3.8) is 0 Å². The second-order valence-corrected chi connectivity index (χ2v) is 9.52. The molecular formula is C19H19ClN2O3S. The number of anilines is 2. The number of nitrogens with zero attached hydrogens (tertiary/aromatic N) is 2. The smallest absolute Gasteiger partial charge is 0.288 e. The van der Waals surface area contributed by atoms with Crippen LogP contribution in [0.5, 0.6) is 0 Å². The van der Waals surface area contributed by atoms with Crippen LogP contribution in [0.1, 0.15) is 11.1 Å². The molecule has 0 bridgehead atoms. The normalized spacial score (nSPS) is 24.2. The van der Waals surface area contributed by atoms with Gasteiger partial charge in [-0.25, -0.2) is 13.2 Å². The number of carbonyl (C=O) groups excluding carboxylic acids is 1. The number of urea groups is 1. The Morgan fingerprint density at radius 1 is 0.962 bits per heavy atom. The molecule has 0 aliphatic carbocycles. The summed E-state index contributed by atoms with van der Waals surface area (Å²) in [5.41, 5.74) is 3.46. The van der Waals surface area contributed by atoms with Crippen molar-refractivity contribution < 1.29 is 13.2 Å². The van der Waals surface area contributed by atoms with E-state index in [9.17, 15) is 13.2 Å². The number of para-hydroxylation sites is 1. The quantitative estimate of drug-likeness (QED) is 0.736. The molecule has 2 aliphatic heterocycles. The number of amides is 2. The second-order valence-electron chi connectivity index (χ2n) is 6.95. The van der Waals surface area contributed by atoms with E-state index < -0.39 is 21.9 Å². The Balaban J connectivity index is 1.84. The lowest BCUT2D eigenvalue weighted by Gasteiger charge is -2.23. The molecule has 2 heterocycles. The molecule has 136 valence electrons. The number of hydrogen-bond acceptors (Lipinski definition) is 3. The van der Waals surface area contributed by atoms with Crippen molar-refractivity contribution in [2.75, 3.05) is 21.3 Å². The highest BCUT2D eigenvalue weighted by Crippen LogP contribution is 2.40. The maximum Gasteiger partial charge on any atom is 0.329 e. The maximum absolute atomic E-state index is 13.3. The molecule has 2 fully saturated rings. The predicted molar refractivity (Wildman–Crippen MR) is 104 cm³/mol. The number of carbonyl (C=O) groups is 1. The summed E-state index contributed by atoms with van der Waals surface area (Å²) in [5, 5.41) is 0.436. The van der Waals surface area contributed by atoms with Crippen molar-refractivity contribution in [1.82, 2.24) is 0 Å². The molecule has 5 nitrogen and oxygen atoms in total. The van der Waals surface area contributed by atoms with Crippen LogP contribution in [0.15, 0.2) is 42.5 Å². The summed E-state index contributed by atoms with van der Waals surface area (Å²) in [7, 11) is -3.22. The second kappa shape index (κ2) is 5.99. The number of halogens is 1. The molecule has 2 aromatic carbocycles. The van der Waals surface area contributed by atoms with E-state index in [1.54, 1.807) is 34.1 Å². The third-order valence-electron chi connectivity index (χ3n) is 5.25. The van der Waals surface area contributed by atoms with Crippen LogP contribution < -0.4 is 9.80 Å². The van der Waals surface area contributed by atoms with Crippen LogP contribution in [0.25, 0.3) is 0 Å². The first-order chi connectivity index (χ1) is 12.3. The Morgan fingerprint density at radius 3 is 2.27 bits per heavy atom. The Kier molecular flexibility index (Phi) is 4.00. The van der Waals surface area contributed by atoms with E-state index in [1.165, 1.54) is 0 Å². The standard InChI is InChI=1S/C19H19ClN2O3S/c1-12-7-8-14(9-13(12)2)21-17-10-26(24,25)11-18(17)22(19(21)23)16-6-4-3-5-15(16)20/h3-9,17-18H,10-11H2,1-2H3/t17-,18+/m0/s1. The summed E-state index contributed by atoms with van der Waals surface area (Å²) >= 11 is 6.31. The fourth-order valence-corrected chi connectivity index (χ4v) is 5.96. The van der Waals surface area contributed by atoms with Gasteiger partial charge in [-0.15, -0.1) is 0 Å². The lowest BCUT2D eigenvalue weighted by atomic mass is 10.1. The average molecular weight is 391 g/mol. The van der Waals surface area contributed by atoms with E-state index in [0.717, 1.165) is 16.8 Å². The van der Waals surface area contributed by atoms with E-state index in [-0.39, 0.29) is 17.5 Å². The van der Waals surface area contributed by atoms with Crippen LogP contribution in [0, 0.1) is 13.8 Å². The fraction of sp³-hybridized carbons (Fsp3) is 0.316. The molecule has 0 aromatic heterocycles. The minimum Gasteiger partial charge on any atom is -0.288 e. The first-order valence-corrected chi connectivity index (χ1v) is 10.6. The number of benzene rings is 2. The minimum atomic E-state index is -3.22. The van der Waals surface area contributed by atoms with Crippen LogP contribution in [0.4, 0.5) is 16.2 Å². The summed E-state index contributed by atoms with van der Waals surface area (Å²) in [5.74, 6) is -0.0761. The fourth-order valence-electron chi connectivity index (χ4n) is 3.81. The van der Waals surface area contributed by atoms with Gasteiger partial charge in [-0.1, -0.05) is 29.8 Å². The molecule has 7 heteroatoms. The van der Waals surface area contributed by atoms with Crippen LogP contribution in [-0.2, 0) is 9.84 Å². The van der Waals surface area contributed by atoms with Crippen molar-refractivity contribution in [3.8, 4) is 0 Å². The van der Waals surface area contributed by atoms with E-state index in [0.29, 0.717) is 10.7 Å². The van der Waals surface area contributed by atoms with Crippen LogP contribution >= 0.6 is 11.6 Å². The van der Waals surface area contributed by atoms with Gasteiger partial charge in [0.15, 0.2) is 9.84 Å². The molecule has 0 spiro atoms. The van der Waals surface area contributed by atoms with Gasteiger partial charge in [-0.2, -0.15) is 0 Å². The highest BCUT2D eigenvalue weighted by Gasteiger charge is 2.54. The van der Waals surface area contributed by atoms with E-state index in [4.69, 9.17) is 11.6 Å². The molecule has 26 heavy (non-hydrogen) atoms. The number of aryl methyl sites for hydroxylation is 2. The minimum absolute atomic E-state index is 0.0305. The zero-order valence-electron chi connectivity index (χ0n) is 14.5. The Morgan fingerprint density at radius 2 is 1.62 bits per heavy atom. The third-order valence-corrected chi connectivity index (χ3v) is 7.27. The van der Waals surface area contributed by atoms with Gasteiger partial charge in [0, 0.05) is 5.69 Å². The zero-order valence-corrected chi connectivity index (χ0v) is 16.1. The number of rotatable bonds is 2. The SMILES string of the molecule is Cc1ccc(N2C(=O)N(c3ccccc3Cl)[C@@H]3CS(=O)(=O)C[C@@H]32)cc1C. The number of sulfone groups is 1. The van der Waals surface area contributed by atoms with Crippen LogP contribution in [0.3, 0.4) is 0 Å². The van der Waals surface area contributed by atoms with Gasteiger partial charge in [-0.3, -0.25) is 9.80 Å². The predicted octanol–water partition coefficient (Wildman–Crippen LogP) is 3.57. The van der Waals surface area contributed by atoms with Gasteiger partial charge >= 0.3 is 6.03 Å². The van der Waals surface area contributed by atoms with Crippen LogP contribution in [-0.4, -0.2) is 38.0 Å². The number of hydrogen-bond donors (Lipinski definition) is 0. The van der Waals surface area contributed by atoms with Crippen molar-refractivity contribution in [3.05, 3.63) is 58.6 Å². The lowest BCUT2D eigenvalue weighted by Crippen LogP contribution is -2.38. The average Bonchev–Trinajstić information content (AvgIpc) is 3.00. The van der Waals surface area contributed by atoms with Gasteiger partial charge in [0.05, 0.1) is 34.3 Å². The highest BCUT2D eigenvalue weighted by molar-refractivity contribution is 7.91. The molecule has 2 saturated heterocycles. The third kappa shape index (κ3) is 2.68. The van der Waals surface area contributed by atoms with Crippen molar-refractivity contribution in [2.45, 2.75) is 25.9 Å². The summed E-state index contributed by atoms with van der Waals surface area (Å²) in [4.78, 5) is 16.4. The molecule has 2 amide bonds. The first-order valence-electron chi connectivity index (χ1n) is 8.43. The topological polar surface area (TPSA) is 57.7 Å². The maximum atomic E-state index is 13.3. The Labute approximate surface area is 158 Å². The summed E-state index contributed by atoms with van der Waals surface area (Å²) in [6.07, 6.45) is 0. The van der Waals surface area contributed by atoms with Crippen LogP contribution in [0.2, 0.25) is 5.02 Å². The molecule has 0 saturated carbocycles. The van der Waals surface area contributed by atoms with Gasteiger partial charge in [0.25, 0.3) is 0 Å². The molecule has 0 radical (unpaired) electrons. The number of fused-ring (bicyclic) bond motifs is 1. The summed E-state index contributed by atoms with van der Waals surface area (Å²) in [6.45, 7) is 3.98. The molecule has 0 N–H and O–H groups in total. The zero-order chi connectivity index (χ0) is 18.6. The van der Waals surface area contributed by atoms with Gasteiger partial charge in [-0.05, 0) is 49.2 Å². The Bertz CT molecular complexity index is 1010. The largest absolute Gasteiger partial charge is 0.329 e. The van der Waals surface area contributed by atoms with Gasteiger partial charge < -0.3 is 0 Å². The molecular weight excluding hydrogens is 372 g/mol. The molecule has 0 unspecified atom stereocenters. The monoisotopic (exact) mass is 390 g/mol. The van der Waals surface area contributed by atoms with E-state index in [2.05, 4.69) is 0 Å². The summed E-state index contributed by atoms with van der Waals surface area (Å²) in [6, 6.07) is 11.7. The highest BCUT2D eigenvalue weighted by atomic mass is 35.5. The van der Waals surface area contributed by atoms with E-state index in [1.807, 2.05) is 32.0 Å². The summed E-state index contributed by atoms with van der Waals surface area (Å²) < 4.78 is 24.6. The van der Waals surface area contributed by atoms with E-state index >= 15 is 0 Å². The molecule has 2 aromatic rings.